The van der Waals surface area contributed by atoms with Crippen molar-refractivity contribution in [3.8, 4) is 0 Å². The first-order valence-electron chi connectivity index (χ1n) is 5.77. The normalized spacial score (nSPS) is 30.2. The highest BCUT2D eigenvalue weighted by molar-refractivity contribution is 8.25. The average Bonchev–Trinajstić information content (AvgIpc) is 2.92. The van der Waals surface area contributed by atoms with Crippen molar-refractivity contribution in [2.24, 2.45) is 0 Å². The molecule has 0 aromatic rings. The summed E-state index contributed by atoms with van der Waals surface area (Å²) in [5.41, 5.74) is 3.14. The third-order valence-electron chi connectivity index (χ3n) is 3.23. The fraction of sp³-hybridized carbons (Fsp3) is 0.286. The van der Waals surface area contributed by atoms with Gasteiger partial charge in [0.25, 0.3) is 0 Å². The first-order chi connectivity index (χ1) is 7.77. The second kappa shape index (κ2) is 3.93. The summed E-state index contributed by atoms with van der Waals surface area (Å²) in [6.07, 6.45) is 17.3. The molecule has 2 heteroatoms. The third-order valence-corrected chi connectivity index (χ3v) is 9.97. The van der Waals surface area contributed by atoms with E-state index in [0.29, 0.717) is 15.1 Å². The summed E-state index contributed by atoms with van der Waals surface area (Å²) < 4.78 is 0. The maximum absolute atomic E-state index is 2.51. The Hall–Kier alpha value is -0.733. The highest BCUT2D eigenvalue weighted by atomic mass is 32.3. The Balaban J connectivity index is 2.06. The van der Waals surface area contributed by atoms with E-state index in [0.717, 1.165) is 0 Å². The molecule has 3 rings (SSSR count). The van der Waals surface area contributed by atoms with Crippen molar-refractivity contribution in [1.82, 2.24) is 0 Å². The number of hydrogen-bond donors (Lipinski definition) is 0. The second-order valence-corrected chi connectivity index (χ2v) is 11.8. The third kappa shape index (κ3) is 1.52. The first-order valence-corrected chi connectivity index (χ1v) is 10.3. The molecular formula is C14H16SSi. The van der Waals surface area contributed by atoms with Gasteiger partial charge in [-0.3, -0.25) is 0 Å². The topological polar surface area (TPSA) is 0 Å². The summed E-state index contributed by atoms with van der Waals surface area (Å²) in [6, 6.07) is 0. The fourth-order valence-electron chi connectivity index (χ4n) is 2.53. The van der Waals surface area contributed by atoms with Crippen LogP contribution in [0.25, 0.3) is 0 Å². The summed E-state index contributed by atoms with van der Waals surface area (Å²) in [4.78, 5) is 1.64. The molecule has 2 atom stereocenters. The minimum atomic E-state index is -0.251. The van der Waals surface area contributed by atoms with E-state index in [2.05, 4.69) is 55.6 Å². The van der Waals surface area contributed by atoms with Crippen molar-refractivity contribution in [2.45, 2.75) is 24.8 Å². The standard InChI is InChI=1S/C14H16SSi/c1-16(2)15-13-9-5-8-12(13)10-14(15)11-6-3-4-7-11/h3-6,8-10,14H,7H2,1-2H3. The monoisotopic (exact) mass is 244 g/mol. The SMILES string of the molecule is C[Si](C)=S1C2=CC=CC2=CC1C1=CC=CC1. The van der Waals surface area contributed by atoms with Crippen LogP contribution in [0.4, 0.5) is 0 Å². The number of allylic oxidation sites excluding steroid dienone is 7. The quantitative estimate of drug-likeness (QED) is 0.608. The smallest absolute Gasteiger partial charge is 0.0428 e. The van der Waals surface area contributed by atoms with Gasteiger partial charge in [-0.2, -0.15) is 9.89 Å². The minimum absolute atomic E-state index is 0.251. The van der Waals surface area contributed by atoms with Gasteiger partial charge in [-0.25, -0.2) is 0 Å². The molecule has 0 fully saturated rings. The fourth-order valence-corrected chi connectivity index (χ4v) is 9.19. The Morgan fingerprint density at radius 3 is 2.81 bits per heavy atom. The molecule has 0 spiro atoms. The highest BCUT2D eigenvalue weighted by Crippen LogP contribution is 2.50. The van der Waals surface area contributed by atoms with Gasteiger partial charge in [-0.1, -0.05) is 55.1 Å². The van der Waals surface area contributed by atoms with Crippen LogP contribution >= 0.6 is 9.89 Å². The van der Waals surface area contributed by atoms with Crippen molar-refractivity contribution >= 4 is 17.4 Å². The molecule has 0 saturated carbocycles. The average molecular weight is 244 g/mol. The molecule has 2 aliphatic carbocycles. The van der Waals surface area contributed by atoms with E-state index < -0.39 is 0 Å². The molecule has 0 saturated heterocycles. The zero-order valence-electron chi connectivity index (χ0n) is 9.73. The molecular weight excluding hydrogens is 228 g/mol. The molecule has 0 aromatic carbocycles. The van der Waals surface area contributed by atoms with Crippen LogP contribution < -0.4 is 0 Å². The van der Waals surface area contributed by atoms with Gasteiger partial charge in [0.2, 0.25) is 0 Å². The van der Waals surface area contributed by atoms with Crippen molar-refractivity contribution in [3.63, 3.8) is 0 Å². The van der Waals surface area contributed by atoms with Crippen molar-refractivity contribution < 1.29 is 0 Å². The Labute approximate surface area is 101 Å². The molecule has 0 N–H and O–H groups in total. The van der Waals surface area contributed by atoms with Gasteiger partial charge >= 0.3 is 0 Å². The largest absolute Gasteiger partial charge is 0.170 e. The van der Waals surface area contributed by atoms with Gasteiger partial charge in [0, 0.05) is 17.7 Å². The van der Waals surface area contributed by atoms with E-state index in [1.807, 2.05) is 0 Å². The predicted octanol–water partition coefficient (Wildman–Crippen LogP) is 4.16. The van der Waals surface area contributed by atoms with Crippen molar-refractivity contribution in [2.75, 3.05) is 0 Å². The molecule has 3 aliphatic rings. The minimum Gasteiger partial charge on any atom is -0.170 e. The van der Waals surface area contributed by atoms with Crippen LogP contribution in [0.1, 0.15) is 6.42 Å². The van der Waals surface area contributed by atoms with E-state index in [1.165, 1.54) is 12.0 Å². The van der Waals surface area contributed by atoms with Crippen LogP contribution in [0, 0.1) is 0 Å². The maximum Gasteiger partial charge on any atom is 0.0428 e. The van der Waals surface area contributed by atoms with E-state index in [1.54, 1.807) is 10.5 Å². The lowest BCUT2D eigenvalue weighted by Gasteiger charge is -2.17. The predicted molar refractivity (Wildman–Crippen MR) is 76.0 cm³/mol. The maximum atomic E-state index is 2.51. The molecule has 2 unspecified atom stereocenters. The summed E-state index contributed by atoms with van der Waals surface area (Å²) in [5.74, 6) is 0. The molecule has 0 aromatic heterocycles. The van der Waals surface area contributed by atoms with Gasteiger partial charge in [-0.15, -0.1) is 0 Å². The van der Waals surface area contributed by atoms with Gasteiger partial charge in [0.1, 0.15) is 0 Å². The second-order valence-electron chi connectivity index (χ2n) is 4.55. The van der Waals surface area contributed by atoms with E-state index in [9.17, 15) is 0 Å². The van der Waals surface area contributed by atoms with E-state index in [4.69, 9.17) is 0 Å². The first kappa shape index (κ1) is 10.4. The van der Waals surface area contributed by atoms with Crippen LogP contribution in [0.3, 0.4) is 0 Å². The van der Waals surface area contributed by atoms with Gasteiger partial charge in [0.15, 0.2) is 0 Å². The van der Waals surface area contributed by atoms with Crippen LogP contribution in [0.2, 0.25) is 13.1 Å². The molecule has 0 radical (unpaired) electrons. The number of fused-ring (bicyclic) bond motifs is 1. The summed E-state index contributed by atoms with van der Waals surface area (Å²) >= 11 is 0. The van der Waals surface area contributed by atoms with Crippen LogP contribution in [-0.2, 0) is 0 Å². The van der Waals surface area contributed by atoms with Crippen molar-refractivity contribution in [1.29, 1.82) is 0 Å². The van der Waals surface area contributed by atoms with Crippen molar-refractivity contribution in [3.05, 3.63) is 58.6 Å². The highest BCUT2D eigenvalue weighted by Gasteiger charge is 2.28. The van der Waals surface area contributed by atoms with Gasteiger partial charge < -0.3 is 0 Å². The number of hydrogen-bond acceptors (Lipinski definition) is 0. The Morgan fingerprint density at radius 2 is 2.12 bits per heavy atom. The Morgan fingerprint density at radius 1 is 1.25 bits per heavy atom. The van der Waals surface area contributed by atoms with Crippen LogP contribution in [0.5, 0.6) is 0 Å². The lowest BCUT2D eigenvalue weighted by atomic mass is 10.1. The Bertz CT molecular complexity index is 523. The molecule has 0 nitrogen and oxygen atoms in total. The Kier molecular flexibility index (Phi) is 2.56. The molecule has 0 bridgehead atoms. The van der Waals surface area contributed by atoms with Crippen LogP contribution in [-0.4, -0.2) is 12.8 Å². The number of rotatable bonds is 1. The molecule has 0 amide bonds. The van der Waals surface area contributed by atoms with Crippen LogP contribution in [0.15, 0.2) is 58.6 Å². The molecule has 82 valence electrons. The molecule has 1 heterocycles. The zero-order chi connectivity index (χ0) is 11.1. The van der Waals surface area contributed by atoms with Gasteiger partial charge in [0.05, 0.1) is 0 Å². The molecule has 1 aliphatic heterocycles. The lowest BCUT2D eigenvalue weighted by molar-refractivity contribution is 1.16. The van der Waals surface area contributed by atoms with E-state index >= 15 is 0 Å². The summed E-state index contributed by atoms with van der Waals surface area (Å²) in [6.45, 7) is 4.92. The molecule has 16 heavy (non-hydrogen) atoms. The zero-order valence-corrected chi connectivity index (χ0v) is 11.6. The van der Waals surface area contributed by atoms with Gasteiger partial charge in [-0.05, 0) is 18.1 Å². The van der Waals surface area contributed by atoms with E-state index in [-0.39, 0.29) is 7.50 Å². The summed E-state index contributed by atoms with van der Waals surface area (Å²) in [5, 5.41) is 0.713. The lowest BCUT2D eigenvalue weighted by Crippen LogP contribution is -2.04. The summed E-state index contributed by atoms with van der Waals surface area (Å²) in [7, 11) is 0.236.